The lowest BCUT2D eigenvalue weighted by Gasteiger charge is -2.33. The van der Waals surface area contributed by atoms with Crippen molar-refractivity contribution in [2.24, 2.45) is 0 Å². The fraction of sp³-hybridized carbons (Fsp3) is 0.471. The molecule has 1 saturated carbocycles. The first-order valence-corrected chi connectivity index (χ1v) is 10.1. The molecule has 0 radical (unpaired) electrons. The lowest BCUT2D eigenvalue weighted by Crippen LogP contribution is -2.54. The van der Waals surface area contributed by atoms with E-state index in [1.807, 2.05) is 0 Å². The Morgan fingerprint density at radius 2 is 1.70 bits per heavy atom. The number of ether oxygens (including phenoxy) is 1. The summed E-state index contributed by atoms with van der Waals surface area (Å²) in [4.78, 5) is 37.1. The number of nitrogens with one attached hydrogen (secondary N) is 1. The highest BCUT2D eigenvalue weighted by molar-refractivity contribution is 7.89. The van der Waals surface area contributed by atoms with Crippen molar-refractivity contribution in [1.82, 2.24) is 14.5 Å². The number of benzene rings is 1. The number of nitrogens with zero attached hydrogens (tertiary/aromatic N) is 2. The van der Waals surface area contributed by atoms with Crippen molar-refractivity contribution in [2.45, 2.75) is 23.8 Å². The number of sulfonamides is 1. The monoisotopic (exact) mass is 395 g/mol. The van der Waals surface area contributed by atoms with Crippen LogP contribution in [0.1, 0.15) is 23.2 Å². The summed E-state index contributed by atoms with van der Waals surface area (Å²) >= 11 is 0. The van der Waals surface area contributed by atoms with Crippen molar-refractivity contribution >= 4 is 27.8 Å². The van der Waals surface area contributed by atoms with Crippen molar-refractivity contribution in [1.29, 1.82) is 0 Å². The van der Waals surface area contributed by atoms with E-state index < -0.39 is 27.8 Å². The molecule has 1 aromatic carbocycles. The Balaban J connectivity index is 1.69. The van der Waals surface area contributed by atoms with Gasteiger partial charge in [-0.3, -0.25) is 9.59 Å². The molecule has 2 fully saturated rings. The molecule has 1 aromatic rings. The van der Waals surface area contributed by atoms with Crippen LogP contribution in [-0.2, 0) is 24.3 Å². The van der Waals surface area contributed by atoms with Crippen LogP contribution in [-0.4, -0.2) is 74.7 Å². The van der Waals surface area contributed by atoms with Crippen LogP contribution in [0.15, 0.2) is 29.2 Å². The standard InChI is InChI=1S/C17H21N3O6S/c1-26-17(23)13-4-2-3-5-14(13)27(24,25)20-10-8-19(9-11-20)16(22)15(21)18-12-6-7-12/h2-5,12H,6-11H2,1H3,(H,18,21). The van der Waals surface area contributed by atoms with Gasteiger partial charge in [-0.25, -0.2) is 13.2 Å². The zero-order valence-corrected chi connectivity index (χ0v) is 15.7. The lowest BCUT2D eigenvalue weighted by molar-refractivity contribution is -0.146. The van der Waals surface area contributed by atoms with E-state index >= 15 is 0 Å². The van der Waals surface area contributed by atoms with E-state index in [1.54, 1.807) is 6.07 Å². The van der Waals surface area contributed by atoms with E-state index in [4.69, 9.17) is 0 Å². The van der Waals surface area contributed by atoms with Crippen LogP contribution in [0.3, 0.4) is 0 Å². The number of rotatable bonds is 4. The summed E-state index contributed by atoms with van der Waals surface area (Å²) in [5.41, 5.74) is -0.0395. The topological polar surface area (TPSA) is 113 Å². The maximum Gasteiger partial charge on any atom is 0.339 e. The summed E-state index contributed by atoms with van der Waals surface area (Å²) in [5.74, 6) is -2.03. The number of piperazine rings is 1. The molecule has 0 bridgehead atoms. The van der Waals surface area contributed by atoms with E-state index in [1.165, 1.54) is 34.5 Å². The Bertz CT molecular complexity index is 857. The van der Waals surface area contributed by atoms with Gasteiger partial charge in [0.15, 0.2) is 0 Å². The third-order valence-corrected chi connectivity index (χ3v) is 6.50. The van der Waals surface area contributed by atoms with Crippen molar-refractivity contribution in [3.8, 4) is 0 Å². The summed E-state index contributed by atoms with van der Waals surface area (Å²) in [7, 11) is -2.75. The summed E-state index contributed by atoms with van der Waals surface area (Å²) in [6, 6.07) is 5.91. The maximum absolute atomic E-state index is 12.9. The fourth-order valence-electron chi connectivity index (χ4n) is 2.86. The second-order valence-electron chi connectivity index (χ2n) is 6.43. The Hall–Kier alpha value is -2.46. The summed E-state index contributed by atoms with van der Waals surface area (Å²) < 4.78 is 31.7. The van der Waals surface area contributed by atoms with Crippen molar-refractivity contribution in [2.75, 3.05) is 33.3 Å². The quantitative estimate of drug-likeness (QED) is 0.548. The molecule has 1 saturated heterocycles. The highest BCUT2D eigenvalue weighted by atomic mass is 32.2. The highest BCUT2D eigenvalue weighted by Gasteiger charge is 2.35. The first-order chi connectivity index (χ1) is 12.8. The van der Waals surface area contributed by atoms with Crippen molar-refractivity contribution < 1.29 is 27.5 Å². The summed E-state index contributed by atoms with van der Waals surface area (Å²) in [6.45, 7) is 0.299. The minimum absolute atomic E-state index is 0.0395. The molecule has 1 N–H and O–H groups in total. The Kier molecular flexibility index (Phi) is 5.47. The van der Waals surface area contributed by atoms with Gasteiger partial charge >= 0.3 is 17.8 Å². The zero-order chi connectivity index (χ0) is 19.6. The van der Waals surface area contributed by atoms with Crippen molar-refractivity contribution in [3.63, 3.8) is 0 Å². The predicted octanol–water partition coefficient (Wildman–Crippen LogP) is -0.415. The van der Waals surface area contributed by atoms with Crippen LogP contribution in [0.4, 0.5) is 0 Å². The number of esters is 1. The van der Waals surface area contributed by atoms with E-state index in [2.05, 4.69) is 10.1 Å². The molecule has 0 atom stereocenters. The van der Waals surface area contributed by atoms with Gasteiger partial charge in [0.2, 0.25) is 10.0 Å². The average molecular weight is 395 g/mol. The van der Waals surface area contributed by atoms with Crippen LogP contribution >= 0.6 is 0 Å². The number of carbonyl (C=O) groups is 3. The molecule has 9 nitrogen and oxygen atoms in total. The number of methoxy groups -OCH3 is 1. The van der Waals surface area contributed by atoms with E-state index in [0.717, 1.165) is 12.8 Å². The Morgan fingerprint density at radius 1 is 1.07 bits per heavy atom. The minimum atomic E-state index is -3.93. The molecular weight excluding hydrogens is 374 g/mol. The first-order valence-electron chi connectivity index (χ1n) is 8.62. The normalized spacial score (nSPS) is 18.0. The van der Waals surface area contributed by atoms with Gasteiger partial charge in [0.25, 0.3) is 0 Å². The largest absolute Gasteiger partial charge is 0.465 e. The van der Waals surface area contributed by atoms with E-state index in [-0.39, 0.29) is 42.7 Å². The zero-order valence-electron chi connectivity index (χ0n) is 14.9. The molecule has 0 spiro atoms. The van der Waals surface area contributed by atoms with Gasteiger partial charge in [0.05, 0.1) is 17.6 Å². The fourth-order valence-corrected chi connectivity index (χ4v) is 4.46. The van der Waals surface area contributed by atoms with Crippen LogP contribution in [0.2, 0.25) is 0 Å². The molecular formula is C17H21N3O6S. The van der Waals surface area contributed by atoms with Crippen LogP contribution < -0.4 is 5.32 Å². The second-order valence-corrected chi connectivity index (χ2v) is 8.34. The minimum Gasteiger partial charge on any atom is -0.465 e. The SMILES string of the molecule is COC(=O)c1ccccc1S(=O)(=O)N1CCN(C(=O)C(=O)NC2CC2)CC1. The molecule has 1 aliphatic carbocycles. The first kappa shape index (κ1) is 19.3. The molecule has 27 heavy (non-hydrogen) atoms. The van der Waals surface area contributed by atoms with Crippen LogP contribution in [0.5, 0.6) is 0 Å². The predicted molar refractivity (Wildman–Crippen MR) is 94.3 cm³/mol. The van der Waals surface area contributed by atoms with Gasteiger partial charge in [-0.15, -0.1) is 0 Å². The smallest absolute Gasteiger partial charge is 0.339 e. The van der Waals surface area contributed by atoms with Crippen LogP contribution in [0.25, 0.3) is 0 Å². The molecule has 146 valence electrons. The van der Waals surface area contributed by atoms with Crippen molar-refractivity contribution in [3.05, 3.63) is 29.8 Å². The van der Waals surface area contributed by atoms with Gasteiger partial charge in [-0.1, -0.05) is 12.1 Å². The molecule has 3 rings (SSSR count). The number of amides is 2. The van der Waals surface area contributed by atoms with E-state index in [0.29, 0.717) is 0 Å². The van der Waals surface area contributed by atoms with Gasteiger partial charge < -0.3 is 15.0 Å². The van der Waals surface area contributed by atoms with E-state index in [9.17, 15) is 22.8 Å². The Labute approximate surface area is 157 Å². The molecule has 0 aromatic heterocycles. The third-order valence-electron chi connectivity index (χ3n) is 4.54. The number of hydrogen-bond acceptors (Lipinski definition) is 6. The Morgan fingerprint density at radius 3 is 2.30 bits per heavy atom. The maximum atomic E-state index is 12.9. The average Bonchev–Trinajstić information content (AvgIpc) is 3.50. The number of carbonyl (C=O) groups excluding carboxylic acids is 3. The van der Waals surface area contributed by atoms with Gasteiger partial charge in [-0.2, -0.15) is 4.31 Å². The van der Waals surface area contributed by atoms with Gasteiger partial charge in [-0.05, 0) is 25.0 Å². The number of hydrogen-bond donors (Lipinski definition) is 1. The molecule has 1 aliphatic heterocycles. The molecule has 0 unspecified atom stereocenters. The molecule has 1 heterocycles. The molecule has 2 amide bonds. The lowest BCUT2D eigenvalue weighted by atomic mass is 10.2. The third kappa shape index (κ3) is 4.11. The second kappa shape index (κ2) is 7.65. The van der Waals surface area contributed by atoms with Gasteiger partial charge in [0, 0.05) is 32.2 Å². The highest BCUT2D eigenvalue weighted by Crippen LogP contribution is 2.22. The summed E-state index contributed by atoms with van der Waals surface area (Å²) in [5, 5.41) is 2.63. The van der Waals surface area contributed by atoms with Gasteiger partial charge in [0.1, 0.15) is 0 Å². The molecule has 2 aliphatic rings. The van der Waals surface area contributed by atoms with Crippen LogP contribution in [0, 0.1) is 0 Å². The summed E-state index contributed by atoms with van der Waals surface area (Å²) in [6.07, 6.45) is 1.76. The molecule has 10 heteroatoms.